The molecule has 1 heterocycles. The van der Waals surface area contributed by atoms with Gasteiger partial charge in [-0.3, -0.25) is 19.7 Å². The molecule has 162 valence electrons. The molecule has 0 aromatic heterocycles. The Morgan fingerprint density at radius 1 is 1.26 bits per heavy atom. The van der Waals surface area contributed by atoms with E-state index in [2.05, 4.69) is 42.8 Å². The molecule has 1 aromatic carbocycles. The lowest BCUT2D eigenvalue weighted by molar-refractivity contribution is -0.419. The number of fused-ring (bicyclic) bond motifs is 1. The number of amides is 1. The van der Waals surface area contributed by atoms with Gasteiger partial charge >= 0.3 is 0 Å². The van der Waals surface area contributed by atoms with Crippen LogP contribution in [0.5, 0.6) is 0 Å². The summed E-state index contributed by atoms with van der Waals surface area (Å²) < 4.78 is 0. The van der Waals surface area contributed by atoms with Crippen molar-refractivity contribution in [1.29, 1.82) is 0 Å². The fourth-order valence-electron chi connectivity index (χ4n) is 3.83. The first kappa shape index (κ1) is 22.6. The summed E-state index contributed by atoms with van der Waals surface area (Å²) in [6.45, 7) is 5.15. The molecule has 0 bridgehead atoms. The number of rotatable bonds is 7. The van der Waals surface area contributed by atoms with Gasteiger partial charge in [0.25, 0.3) is 5.70 Å². The molecule has 7 nitrogen and oxygen atoms in total. The maximum absolute atomic E-state index is 12.2. The summed E-state index contributed by atoms with van der Waals surface area (Å²) in [6, 6.07) is 7.99. The minimum absolute atomic E-state index is 0.0555. The number of carbonyl (C=O) groups excluding carboxylic acids is 2. The molecule has 1 aromatic rings. The molecule has 31 heavy (non-hydrogen) atoms. The molecule has 0 spiro atoms. The van der Waals surface area contributed by atoms with Crippen LogP contribution in [0.3, 0.4) is 0 Å². The van der Waals surface area contributed by atoms with Crippen LogP contribution in [-0.4, -0.2) is 35.5 Å². The maximum atomic E-state index is 12.2. The summed E-state index contributed by atoms with van der Waals surface area (Å²) in [6.07, 6.45) is 7.44. The molecule has 0 unspecified atom stereocenters. The van der Waals surface area contributed by atoms with E-state index in [0.29, 0.717) is 25.3 Å². The normalized spacial score (nSPS) is 19.5. The summed E-state index contributed by atoms with van der Waals surface area (Å²) in [5.74, 6) is 0.236. The number of carbonyl (C=O) groups is 2. The Morgan fingerprint density at radius 2 is 2.00 bits per heavy atom. The molecule has 0 saturated carbocycles. The van der Waals surface area contributed by atoms with E-state index in [9.17, 15) is 19.7 Å². The Hall–Kier alpha value is -3.13. The number of hydrogen-bond donors (Lipinski definition) is 2. The molecule has 1 amide bonds. The van der Waals surface area contributed by atoms with E-state index in [1.54, 1.807) is 6.08 Å². The van der Waals surface area contributed by atoms with Crippen LogP contribution in [0.25, 0.3) is 0 Å². The molecule has 2 aliphatic rings. The van der Waals surface area contributed by atoms with Gasteiger partial charge in [-0.05, 0) is 29.9 Å². The SMILES string of the molecule is CC1(C)C(=CC=C2C=C([N+](=O)[O-])C=CC2=O)N(CCC(=O)NCCS)c2ccccc21. The summed E-state index contributed by atoms with van der Waals surface area (Å²) in [4.78, 5) is 37.0. The van der Waals surface area contributed by atoms with Gasteiger partial charge in [0.15, 0.2) is 5.78 Å². The van der Waals surface area contributed by atoms with Crippen molar-refractivity contribution in [1.82, 2.24) is 5.32 Å². The first-order chi connectivity index (χ1) is 14.8. The van der Waals surface area contributed by atoms with Gasteiger partial charge in [0.2, 0.25) is 5.91 Å². The number of benzene rings is 1. The van der Waals surface area contributed by atoms with Gasteiger partial charge < -0.3 is 10.2 Å². The topological polar surface area (TPSA) is 92.6 Å². The number of allylic oxidation sites excluding steroid dienone is 7. The van der Waals surface area contributed by atoms with Crippen LogP contribution >= 0.6 is 12.6 Å². The van der Waals surface area contributed by atoms with Crippen molar-refractivity contribution in [2.45, 2.75) is 25.7 Å². The van der Waals surface area contributed by atoms with Crippen LogP contribution in [0.1, 0.15) is 25.8 Å². The van der Waals surface area contributed by atoms with Crippen molar-refractivity contribution in [2.24, 2.45) is 0 Å². The molecule has 1 aliphatic heterocycles. The zero-order valence-corrected chi connectivity index (χ0v) is 18.4. The first-order valence-electron chi connectivity index (χ1n) is 10.0. The fraction of sp³-hybridized carbons (Fsp3) is 0.304. The number of nitro groups is 1. The number of para-hydroxylation sites is 1. The van der Waals surface area contributed by atoms with Crippen molar-refractivity contribution in [2.75, 3.05) is 23.7 Å². The minimum Gasteiger partial charge on any atom is -0.355 e. The molecule has 0 radical (unpaired) electrons. The second-order valence-electron chi connectivity index (χ2n) is 7.82. The molecule has 0 fully saturated rings. The number of nitrogens with one attached hydrogen (secondary N) is 1. The third-order valence-corrected chi connectivity index (χ3v) is 5.64. The molecule has 3 rings (SSSR count). The second-order valence-corrected chi connectivity index (χ2v) is 8.26. The van der Waals surface area contributed by atoms with Crippen LogP contribution < -0.4 is 10.2 Å². The zero-order valence-electron chi connectivity index (χ0n) is 17.5. The van der Waals surface area contributed by atoms with Gasteiger partial charge in [-0.2, -0.15) is 12.6 Å². The van der Waals surface area contributed by atoms with Gasteiger partial charge in [0, 0.05) is 59.8 Å². The van der Waals surface area contributed by atoms with Gasteiger partial charge in [0.05, 0.1) is 4.92 Å². The van der Waals surface area contributed by atoms with Crippen molar-refractivity contribution < 1.29 is 14.5 Å². The average Bonchev–Trinajstić information content (AvgIpc) is 2.96. The smallest absolute Gasteiger partial charge is 0.270 e. The van der Waals surface area contributed by atoms with Crippen LogP contribution in [0.4, 0.5) is 5.69 Å². The lowest BCUT2D eigenvalue weighted by atomic mass is 9.83. The average molecular weight is 440 g/mol. The van der Waals surface area contributed by atoms with E-state index >= 15 is 0 Å². The van der Waals surface area contributed by atoms with Crippen molar-refractivity contribution >= 4 is 30.0 Å². The predicted octanol–water partition coefficient (Wildman–Crippen LogP) is 3.33. The summed E-state index contributed by atoms with van der Waals surface area (Å²) in [7, 11) is 0. The van der Waals surface area contributed by atoms with Gasteiger partial charge in [-0.15, -0.1) is 0 Å². The molecule has 8 heteroatoms. The highest BCUT2D eigenvalue weighted by molar-refractivity contribution is 7.80. The van der Waals surface area contributed by atoms with Gasteiger partial charge in [-0.1, -0.05) is 32.0 Å². The Morgan fingerprint density at radius 3 is 2.71 bits per heavy atom. The Bertz CT molecular complexity index is 1040. The fourth-order valence-corrected chi connectivity index (χ4v) is 3.94. The zero-order chi connectivity index (χ0) is 22.6. The van der Waals surface area contributed by atoms with Gasteiger partial charge in [-0.25, -0.2) is 0 Å². The highest BCUT2D eigenvalue weighted by Gasteiger charge is 2.39. The van der Waals surface area contributed by atoms with E-state index in [-0.39, 0.29) is 28.4 Å². The molecule has 0 saturated heterocycles. The lowest BCUT2D eigenvalue weighted by Crippen LogP contribution is -2.32. The Balaban J connectivity index is 1.96. The second kappa shape index (κ2) is 9.34. The van der Waals surface area contributed by atoms with Crippen molar-refractivity contribution in [3.8, 4) is 0 Å². The highest BCUT2D eigenvalue weighted by atomic mass is 32.1. The third-order valence-electron chi connectivity index (χ3n) is 5.42. The van der Waals surface area contributed by atoms with Crippen LogP contribution in [0, 0.1) is 10.1 Å². The van der Waals surface area contributed by atoms with E-state index in [0.717, 1.165) is 16.9 Å². The Kier molecular flexibility index (Phi) is 6.80. The molecule has 1 aliphatic carbocycles. The largest absolute Gasteiger partial charge is 0.355 e. The number of hydrogen-bond acceptors (Lipinski definition) is 6. The monoisotopic (exact) mass is 439 g/mol. The highest BCUT2D eigenvalue weighted by Crippen LogP contribution is 2.47. The van der Waals surface area contributed by atoms with E-state index in [1.165, 1.54) is 18.2 Å². The van der Waals surface area contributed by atoms with E-state index < -0.39 is 4.92 Å². The van der Waals surface area contributed by atoms with Gasteiger partial charge in [0.1, 0.15) is 0 Å². The predicted molar refractivity (Wildman–Crippen MR) is 124 cm³/mol. The van der Waals surface area contributed by atoms with Crippen LogP contribution in [0.15, 0.2) is 71.6 Å². The standard InChI is InChI=1S/C23H25N3O4S/c1-23(2)18-5-3-4-6-19(18)25(13-11-22(28)24-12-14-31)21(23)10-7-16-15-17(26(29)30)8-9-20(16)27/h3-10,15,31H,11-14H2,1-2H3,(H,24,28). The molecule has 1 N–H and O–H groups in total. The van der Waals surface area contributed by atoms with E-state index in [1.807, 2.05) is 24.3 Å². The maximum Gasteiger partial charge on any atom is 0.270 e. The van der Waals surface area contributed by atoms with E-state index in [4.69, 9.17) is 0 Å². The lowest BCUT2D eigenvalue weighted by Gasteiger charge is -2.27. The number of anilines is 1. The summed E-state index contributed by atoms with van der Waals surface area (Å²) in [5.41, 5.74) is 2.80. The number of thiol groups is 1. The molecular weight excluding hydrogens is 414 g/mol. The quantitative estimate of drug-likeness (QED) is 0.294. The van der Waals surface area contributed by atoms with Crippen molar-refractivity contribution in [3.05, 3.63) is 87.3 Å². The van der Waals surface area contributed by atoms with Crippen molar-refractivity contribution in [3.63, 3.8) is 0 Å². The Labute approximate surface area is 186 Å². The summed E-state index contributed by atoms with van der Waals surface area (Å²) >= 11 is 4.11. The minimum atomic E-state index is -0.519. The van der Waals surface area contributed by atoms with Crippen LogP contribution in [-0.2, 0) is 15.0 Å². The third kappa shape index (κ3) is 4.80. The number of nitrogens with zero attached hydrogens (tertiary/aromatic N) is 2. The summed E-state index contributed by atoms with van der Waals surface area (Å²) in [5, 5.41) is 13.9. The number of ketones is 1. The van der Waals surface area contributed by atoms with Crippen LogP contribution in [0.2, 0.25) is 0 Å². The first-order valence-corrected chi connectivity index (χ1v) is 10.6. The molecular formula is C23H25N3O4S. The molecule has 0 atom stereocenters.